The molecule has 40 heavy (non-hydrogen) atoms. The van der Waals surface area contributed by atoms with Crippen LogP contribution in [-0.4, -0.2) is 96.0 Å². The van der Waals surface area contributed by atoms with Gasteiger partial charge in [0.05, 0.1) is 25.8 Å². The zero-order valence-electron chi connectivity index (χ0n) is 23.2. The maximum Gasteiger partial charge on any atom is 0.323 e. The van der Waals surface area contributed by atoms with Crippen LogP contribution < -0.4 is 15.4 Å². The van der Waals surface area contributed by atoms with E-state index in [0.717, 1.165) is 12.0 Å². The van der Waals surface area contributed by atoms with Crippen LogP contribution in [0.2, 0.25) is 0 Å². The van der Waals surface area contributed by atoms with E-state index in [-0.39, 0.29) is 30.7 Å². The number of carbonyl (C=O) groups is 4. The number of rotatable bonds is 8. The minimum absolute atomic E-state index is 0.0291. The molecule has 0 bridgehead atoms. The summed E-state index contributed by atoms with van der Waals surface area (Å²) in [5, 5.41) is 14.6. The predicted molar refractivity (Wildman–Crippen MR) is 150 cm³/mol. The number of hydrogen-bond acceptors (Lipinski definition) is 6. The molecule has 2 aromatic rings. The van der Waals surface area contributed by atoms with Crippen molar-refractivity contribution in [2.75, 3.05) is 57.0 Å². The number of anilines is 2. The van der Waals surface area contributed by atoms with Gasteiger partial charge in [-0.15, -0.1) is 0 Å². The van der Waals surface area contributed by atoms with E-state index in [1.165, 1.54) is 7.11 Å². The van der Waals surface area contributed by atoms with Gasteiger partial charge in [0.15, 0.2) is 0 Å². The summed E-state index contributed by atoms with van der Waals surface area (Å²) in [5.74, 6) is -0.655. The van der Waals surface area contributed by atoms with Crippen LogP contribution in [0.1, 0.15) is 24.5 Å². The normalized spacial score (nSPS) is 19.3. The maximum atomic E-state index is 13.4. The number of nitrogens with one attached hydrogen (secondary N) is 2. The number of aliphatic carboxylic acids is 1. The van der Waals surface area contributed by atoms with Crippen LogP contribution in [0.3, 0.4) is 0 Å². The lowest BCUT2D eigenvalue weighted by Gasteiger charge is -2.37. The molecule has 2 atom stereocenters. The fraction of sp³-hybridized carbons (Fsp3) is 0.448. The zero-order valence-corrected chi connectivity index (χ0v) is 23.2. The first-order chi connectivity index (χ1) is 19.2. The number of carboxylic acids is 1. The molecule has 2 fully saturated rings. The average molecular weight is 552 g/mol. The smallest absolute Gasteiger partial charge is 0.323 e. The van der Waals surface area contributed by atoms with Gasteiger partial charge in [0.2, 0.25) is 11.8 Å². The summed E-state index contributed by atoms with van der Waals surface area (Å²) in [6.45, 7) is 6.24. The summed E-state index contributed by atoms with van der Waals surface area (Å²) < 4.78 is 5.49. The highest BCUT2D eigenvalue weighted by Gasteiger charge is 2.41. The number of nitrogens with zero attached hydrogens (tertiary/aromatic N) is 3. The first-order valence-electron chi connectivity index (χ1n) is 13.5. The van der Waals surface area contributed by atoms with Crippen molar-refractivity contribution < 1.29 is 29.0 Å². The van der Waals surface area contributed by atoms with Gasteiger partial charge in [0.1, 0.15) is 11.8 Å². The van der Waals surface area contributed by atoms with Crippen LogP contribution in [0.5, 0.6) is 5.75 Å². The Morgan fingerprint density at radius 1 is 0.975 bits per heavy atom. The third kappa shape index (κ3) is 6.90. The molecule has 0 saturated carbocycles. The largest absolute Gasteiger partial charge is 0.495 e. The number of benzene rings is 2. The number of likely N-dealkylation sites (tertiary alicyclic amines) is 1. The van der Waals surface area contributed by atoms with Crippen LogP contribution in [0.15, 0.2) is 42.5 Å². The van der Waals surface area contributed by atoms with Crippen molar-refractivity contribution in [3.05, 3.63) is 53.6 Å². The lowest BCUT2D eigenvalue weighted by Crippen LogP contribution is -2.56. The minimum atomic E-state index is -0.882. The maximum absolute atomic E-state index is 13.4. The van der Waals surface area contributed by atoms with Crippen LogP contribution in [0.4, 0.5) is 16.2 Å². The Morgan fingerprint density at radius 2 is 1.68 bits per heavy atom. The van der Waals surface area contributed by atoms with Crippen molar-refractivity contribution in [3.63, 3.8) is 0 Å². The molecule has 0 radical (unpaired) electrons. The fourth-order valence-electron chi connectivity index (χ4n) is 5.32. The second-order valence-electron chi connectivity index (χ2n) is 10.4. The molecule has 2 aliphatic rings. The van der Waals surface area contributed by atoms with Crippen molar-refractivity contribution in [1.29, 1.82) is 0 Å². The molecular weight excluding hydrogens is 514 g/mol. The van der Waals surface area contributed by atoms with E-state index in [1.807, 2.05) is 43.0 Å². The third-order valence-corrected chi connectivity index (χ3v) is 7.58. The Hall–Kier alpha value is -4.12. The number of amides is 4. The monoisotopic (exact) mass is 551 g/mol. The molecular formula is C29H37N5O6. The number of piperazine rings is 1. The number of para-hydroxylation sites is 1. The Labute approximate surface area is 234 Å². The Kier molecular flexibility index (Phi) is 9.26. The first-order valence-corrected chi connectivity index (χ1v) is 13.5. The highest BCUT2D eigenvalue weighted by Crippen LogP contribution is 2.29. The van der Waals surface area contributed by atoms with E-state index >= 15 is 0 Å². The topological polar surface area (TPSA) is 132 Å². The molecule has 4 rings (SSSR count). The molecule has 2 aromatic carbocycles. The molecule has 0 spiro atoms. The van der Waals surface area contributed by atoms with Gasteiger partial charge in [-0.1, -0.05) is 31.2 Å². The van der Waals surface area contributed by atoms with Gasteiger partial charge in [-0.2, -0.15) is 0 Å². The number of urea groups is 1. The molecule has 11 nitrogen and oxygen atoms in total. The number of hydrogen-bond donors (Lipinski definition) is 3. The first kappa shape index (κ1) is 28.9. The van der Waals surface area contributed by atoms with Crippen molar-refractivity contribution in [2.45, 2.75) is 32.7 Å². The second-order valence-corrected chi connectivity index (χ2v) is 10.4. The van der Waals surface area contributed by atoms with Gasteiger partial charge in [0.25, 0.3) is 0 Å². The highest BCUT2D eigenvalue weighted by atomic mass is 16.5. The van der Waals surface area contributed by atoms with Gasteiger partial charge in [-0.25, -0.2) is 4.79 Å². The molecule has 214 valence electrons. The standard InChI is InChI=1S/C29H37N5O6/c1-19-6-4-5-7-22(19)30-29(39)31-23-9-8-21(16-24(23)40-3)17-25(35)34-11-10-20(2)27(34)28(38)33-14-12-32(13-15-33)18-26(36)37/h4-9,16,20,27H,10-15,17-18H2,1-3H3,(H,36,37)(H2,30,31,39)/t20-,27-/m0/s1. The predicted octanol–water partition coefficient (Wildman–Crippen LogP) is 2.66. The number of ether oxygens (including phenoxy) is 1. The minimum Gasteiger partial charge on any atom is -0.495 e. The summed E-state index contributed by atoms with van der Waals surface area (Å²) in [6.07, 6.45) is 0.832. The molecule has 0 unspecified atom stereocenters. The molecule has 4 amide bonds. The zero-order chi connectivity index (χ0) is 28.8. The lowest BCUT2D eigenvalue weighted by atomic mass is 10.0. The summed E-state index contributed by atoms with van der Waals surface area (Å²) in [4.78, 5) is 55.6. The SMILES string of the molecule is COc1cc(CC(=O)N2CC[C@H](C)[C@H]2C(=O)N2CCN(CC(=O)O)CC2)ccc1NC(=O)Nc1ccccc1C. The molecule has 2 heterocycles. The second kappa shape index (κ2) is 12.8. The van der Waals surface area contributed by atoms with Crippen LogP contribution >= 0.6 is 0 Å². The van der Waals surface area contributed by atoms with E-state index in [1.54, 1.807) is 28.0 Å². The van der Waals surface area contributed by atoms with Gasteiger partial charge in [-0.05, 0) is 48.6 Å². The van der Waals surface area contributed by atoms with Crippen LogP contribution in [0.25, 0.3) is 0 Å². The van der Waals surface area contributed by atoms with Gasteiger partial charge in [0, 0.05) is 38.4 Å². The van der Waals surface area contributed by atoms with Crippen LogP contribution in [-0.2, 0) is 20.8 Å². The van der Waals surface area contributed by atoms with Crippen molar-refractivity contribution in [1.82, 2.24) is 14.7 Å². The van der Waals surface area contributed by atoms with Crippen molar-refractivity contribution in [2.24, 2.45) is 5.92 Å². The van der Waals surface area contributed by atoms with Crippen molar-refractivity contribution in [3.8, 4) is 5.75 Å². The number of methoxy groups -OCH3 is 1. The van der Waals surface area contributed by atoms with E-state index < -0.39 is 18.0 Å². The number of carbonyl (C=O) groups excluding carboxylic acids is 3. The average Bonchev–Trinajstić information content (AvgIpc) is 3.32. The third-order valence-electron chi connectivity index (χ3n) is 7.58. The molecule has 0 aromatic heterocycles. The quantitative estimate of drug-likeness (QED) is 0.460. The molecule has 2 saturated heterocycles. The summed E-state index contributed by atoms with van der Waals surface area (Å²) in [7, 11) is 1.50. The van der Waals surface area contributed by atoms with E-state index in [4.69, 9.17) is 9.84 Å². The van der Waals surface area contributed by atoms with E-state index in [0.29, 0.717) is 55.4 Å². The van der Waals surface area contributed by atoms with Gasteiger partial charge >= 0.3 is 12.0 Å². The van der Waals surface area contributed by atoms with Crippen LogP contribution in [0, 0.1) is 12.8 Å². The van der Waals surface area contributed by atoms with Crippen molar-refractivity contribution >= 4 is 35.2 Å². The summed E-state index contributed by atoms with van der Waals surface area (Å²) >= 11 is 0. The lowest BCUT2D eigenvalue weighted by molar-refractivity contribution is -0.146. The molecule has 3 N–H and O–H groups in total. The fourth-order valence-corrected chi connectivity index (χ4v) is 5.32. The Balaban J connectivity index is 1.38. The molecule has 0 aliphatic carbocycles. The molecule has 2 aliphatic heterocycles. The van der Waals surface area contributed by atoms with E-state index in [2.05, 4.69) is 10.6 Å². The molecule has 11 heteroatoms. The van der Waals surface area contributed by atoms with Gasteiger partial charge in [-0.3, -0.25) is 19.3 Å². The number of carboxylic acid groups (broad SMARTS) is 1. The van der Waals surface area contributed by atoms with E-state index in [9.17, 15) is 19.2 Å². The Morgan fingerprint density at radius 3 is 2.35 bits per heavy atom. The summed E-state index contributed by atoms with van der Waals surface area (Å²) in [6, 6.07) is 11.7. The number of aryl methyl sites for hydroxylation is 1. The Bertz CT molecular complexity index is 1260. The van der Waals surface area contributed by atoms with Gasteiger partial charge < -0.3 is 30.3 Å². The highest BCUT2D eigenvalue weighted by molar-refractivity contribution is 6.01. The summed E-state index contributed by atoms with van der Waals surface area (Å²) in [5.41, 5.74) is 2.81.